The van der Waals surface area contributed by atoms with Gasteiger partial charge >= 0.3 is 0 Å². The summed E-state index contributed by atoms with van der Waals surface area (Å²) in [4.78, 5) is 5.37. The van der Waals surface area contributed by atoms with E-state index in [0.717, 1.165) is 22.5 Å². The van der Waals surface area contributed by atoms with Crippen LogP contribution in [0.25, 0.3) is 92.4 Å². The van der Waals surface area contributed by atoms with E-state index in [-0.39, 0.29) is 0 Å². The molecule has 0 saturated heterocycles. The summed E-state index contributed by atoms with van der Waals surface area (Å²) in [7, 11) is 0. The lowest BCUT2D eigenvalue weighted by Gasteiger charge is -2.11. The van der Waals surface area contributed by atoms with Crippen LogP contribution in [-0.2, 0) is 0 Å². The lowest BCUT2D eigenvalue weighted by Crippen LogP contribution is -1.94. The van der Waals surface area contributed by atoms with Gasteiger partial charge in [-0.3, -0.25) is 0 Å². The van der Waals surface area contributed by atoms with Gasteiger partial charge in [0.15, 0.2) is 0 Å². The van der Waals surface area contributed by atoms with E-state index in [1.54, 1.807) is 0 Å². The fraction of sp³-hybridized carbons (Fsp3) is 0. The Morgan fingerprint density at radius 1 is 0.420 bits per heavy atom. The van der Waals surface area contributed by atoms with Crippen LogP contribution in [0.2, 0.25) is 0 Å². The third-order valence-corrected chi connectivity index (χ3v) is 11.0. The summed E-state index contributed by atoms with van der Waals surface area (Å²) in [5.74, 6) is 0. The molecule has 10 rings (SSSR count). The maximum absolute atomic E-state index is 5.37. The van der Waals surface area contributed by atoms with Crippen LogP contribution < -0.4 is 0 Å². The number of rotatable bonds is 5. The van der Waals surface area contributed by atoms with Crippen LogP contribution in [0.15, 0.2) is 182 Å². The number of benzene rings is 7. The molecule has 3 heterocycles. The first-order valence-corrected chi connectivity index (χ1v) is 17.8. The topological polar surface area (TPSA) is 17.8 Å². The summed E-state index contributed by atoms with van der Waals surface area (Å²) in [6.07, 6.45) is 0. The van der Waals surface area contributed by atoms with Gasteiger partial charge < -0.3 is 4.57 Å². The first kappa shape index (κ1) is 28.7. The van der Waals surface area contributed by atoms with E-state index in [9.17, 15) is 0 Å². The van der Waals surface area contributed by atoms with Crippen molar-refractivity contribution < 1.29 is 0 Å². The Kier molecular flexibility index (Phi) is 6.71. The molecule has 7 aromatic carbocycles. The van der Waals surface area contributed by atoms with Crippen molar-refractivity contribution in [3.05, 3.63) is 182 Å². The van der Waals surface area contributed by atoms with Gasteiger partial charge in [0.2, 0.25) is 0 Å². The van der Waals surface area contributed by atoms with Crippen molar-refractivity contribution in [1.82, 2.24) is 9.55 Å². The molecule has 234 valence electrons. The van der Waals surface area contributed by atoms with Crippen LogP contribution in [0.1, 0.15) is 0 Å². The van der Waals surface area contributed by atoms with Crippen molar-refractivity contribution in [1.29, 1.82) is 0 Å². The van der Waals surface area contributed by atoms with Gasteiger partial charge in [0, 0.05) is 37.7 Å². The summed E-state index contributed by atoms with van der Waals surface area (Å²) in [5, 5.41) is 3.73. The minimum Gasteiger partial charge on any atom is -0.309 e. The molecule has 0 radical (unpaired) electrons. The van der Waals surface area contributed by atoms with E-state index >= 15 is 0 Å². The Labute approximate surface area is 294 Å². The van der Waals surface area contributed by atoms with Crippen molar-refractivity contribution in [3.8, 4) is 50.3 Å². The summed E-state index contributed by atoms with van der Waals surface area (Å²) >= 11 is 1.83. The van der Waals surface area contributed by atoms with E-state index in [1.807, 2.05) is 11.3 Å². The van der Waals surface area contributed by atoms with Crippen LogP contribution >= 0.6 is 11.3 Å². The monoisotopic (exact) mass is 654 g/mol. The molecule has 0 unspecified atom stereocenters. The first-order valence-electron chi connectivity index (χ1n) is 17.0. The van der Waals surface area contributed by atoms with Crippen LogP contribution in [-0.4, -0.2) is 9.55 Å². The highest BCUT2D eigenvalue weighted by atomic mass is 32.1. The molecule has 0 aliphatic rings. The van der Waals surface area contributed by atoms with Crippen molar-refractivity contribution in [3.63, 3.8) is 0 Å². The molecule has 0 N–H and O–H groups in total. The van der Waals surface area contributed by atoms with Crippen molar-refractivity contribution >= 4 is 53.4 Å². The summed E-state index contributed by atoms with van der Waals surface area (Å²) in [6, 6.07) is 65.4. The molecule has 0 spiro atoms. The maximum Gasteiger partial charge on any atom is 0.0908 e. The Hall–Kier alpha value is -6.29. The van der Waals surface area contributed by atoms with E-state index in [0.29, 0.717) is 0 Å². The normalized spacial score (nSPS) is 11.6. The second kappa shape index (κ2) is 11.7. The van der Waals surface area contributed by atoms with E-state index in [1.165, 1.54) is 70.0 Å². The van der Waals surface area contributed by atoms with Gasteiger partial charge in [0.25, 0.3) is 0 Å². The molecule has 3 heteroatoms. The molecule has 3 aromatic heterocycles. The smallest absolute Gasteiger partial charge is 0.0908 e. The van der Waals surface area contributed by atoms with Crippen LogP contribution in [0.3, 0.4) is 0 Å². The van der Waals surface area contributed by atoms with Crippen LogP contribution in [0.4, 0.5) is 0 Å². The molecule has 0 fully saturated rings. The second-order valence-corrected chi connectivity index (χ2v) is 13.8. The Balaban J connectivity index is 1.14. The molecular formula is C47H30N2S. The highest BCUT2D eigenvalue weighted by molar-refractivity contribution is 7.26. The third kappa shape index (κ3) is 4.67. The van der Waals surface area contributed by atoms with E-state index < -0.39 is 0 Å². The van der Waals surface area contributed by atoms with E-state index in [2.05, 4.69) is 187 Å². The quantitative estimate of drug-likeness (QED) is 0.181. The molecule has 0 atom stereocenters. The highest BCUT2D eigenvalue weighted by Crippen LogP contribution is 2.45. The second-order valence-electron chi connectivity index (χ2n) is 12.7. The number of nitrogens with zero attached hydrogens (tertiary/aromatic N) is 2. The zero-order valence-corrected chi connectivity index (χ0v) is 27.9. The number of para-hydroxylation sites is 1. The minimum absolute atomic E-state index is 0.989. The summed E-state index contributed by atoms with van der Waals surface area (Å²) in [6.45, 7) is 0. The van der Waals surface area contributed by atoms with Gasteiger partial charge in [-0.2, -0.15) is 0 Å². The molecule has 50 heavy (non-hydrogen) atoms. The number of aromatic nitrogens is 2. The average Bonchev–Trinajstić information content (AvgIpc) is 3.74. The zero-order chi connectivity index (χ0) is 33.0. The highest BCUT2D eigenvalue weighted by Gasteiger charge is 2.19. The fourth-order valence-electron chi connectivity index (χ4n) is 7.46. The van der Waals surface area contributed by atoms with Crippen LogP contribution in [0.5, 0.6) is 0 Å². The molecule has 0 aliphatic carbocycles. The number of thiophene rings is 1. The standard InChI is InChI=1S/C47H30N2S/c1-4-13-31(14-5-1)35-25-28-43-40(29-35)38-19-10-11-21-42(38)49(43)36-26-23-33(24-27-36)37-20-12-22-44-45(37)46-47(50-44)39(32-15-6-2-7-16-32)30-41(48-46)34-17-8-3-9-18-34/h1-30H. The summed E-state index contributed by atoms with van der Waals surface area (Å²) in [5.41, 5.74) is 14.0. The lowest BCUT2D eigenvalue weighted by molar-refractivity contribution is 1.18. The molecule has 10 aromatic rings. The zero-order valence-electron chi connectivity index (χ0n) is 27.1. The molecule has 0 bridgehead atoms. The number of fused-ring (bicyclic) bond motifs is 6. The van der Waals surface area contributed by atoms with Gasteiger partial charge in [-0.25, -0.2) is 4.98 Å². The van der Waals surface area contributed by atoms with Gasteiger partial charge in [0.1, 0.15) is 0 Å². The van der Waals surface area contributed by atoms with Crippen LogP contribution in [0, 0.1) is 0 Å². The predicted octanol–water partition coefficient (Wildman–Crippen LogP) is 13.2. The number of hydrogen-bond acceptors (Lipinski definition) is 2. The molecule has 2 nitrogen and oxygen atoms in total. The SMILES string of the molecule is c1ccc(-c2ccc3c(c2)c2ccccc2n3-c2ccc(-c3cccc4sc5c(-c6ccccc6)cc(-c6ccccc6)nc5c34)cc2)cc1. The Bertz CT molecular complexity index is 2830. The number of hydrogen-bond donors (Lipinski definition) is 0. The van der Waals surface area contributed by atoms with Crippen molar-refractivity contribution in [2.75, 3.05) is 0 Å². The van der Waals surface area contributed by atoms with E-state index in [4.69, 9.17) is 4.98 Å². The first-order chi connectivity index (χ1) is 24.8. The minimum atomic E-state index is 0.989. The van der Waals surface area contributed by atoms with Crippen molar-refractivity contribution in [2.45, 2.75) is 0 Å². The van der Waals surface area contributed by atoms with Gasteiger partial charge in [0.05, 0.1) is 26.9 Å². The molecular weight excluding hydrogens is 625 g/mol. The van der Waals surface area contributed by atoms with Gasteiger partial charge in [-0.1, -0.05) is 140 Å². The molecule has 0 amide bonds. The third-order valence-electron chi connectivity index (χ3n) is 9.82. The van der Waals surface area contributed by atoms with Gasteiger partial charge in [-0.05, 0) is 70.3 Å². The van der Waals surface area contributed by atoms with Gasteiger partial charge in [-0.15, -0.1) is 11.3 Å². The van der Waals surface area contributed by atoms with Crippen molar-refractivity contribution in [2.24, 2.45) is 0 Å². The Morgan fingerprint density at radius 2 is 1.04 bits per heavy atom. The largest absolute Gasteiger partial charge is 0.309 e. The maximum atomic E-state index is 5.37. The molecule has 0 aliphatic heterocycles. The Morgan fingerprint density at radius 3 is 1.80 bits per heavy atom. The summed E-state index contributed by atoms with van der Waals surface area (Å²) < 4.78 is 4.85. The average molecular weight is 655 g/mol. The fourth-order valence-corrected chi connectivity index (χ4v) is 8.66. The lowest BCUT2D eigenvalue weighted by atomic mass is 9.98. The predicted molar refractivity (Wildman–Crippen MR) is 213 cm³/mol. The molecule has 0 saturated carbocycles. The number of pyridine rings is 1.